The van der Waals surface area contributed by atoms with Crippen LogP contribution in [-0.4, -0.2) is 16.8 Å². The highest BCUT2D eigenvalue weighted by Crippen LogP contribution is 2.28. The molecular formula is C13H26ClNO. The van der Waals surface area contributed by atoms with Gasteiger partial charge in [0.25, 0.3) is 0 Å². The summed E-state index contributed by atoms with van der Waals surface area (Å²) in [6.45, 7) is 14.4. The summed E-state index contributed by atoms with van der Waals surface area (Å²) in [5, 5.41) is 2.91. The quantitative estimate of drug-likeness (QED) is 0.756. The molecule has 1 N–H and O–H groups in total. The molecule has 0 heterocycles. The first-order valence-corrected chi connectivity index (χ1v) is 6.35. The van der Waals surface area contributed by atoms with Crippen molar-refractivity contribution in [2.75, 3.05) is 0 Å². The molecule has 0 fully saturated rings. The van der Waals surface area contributed by atoms with Crippen LogP contribution in [0.1, 0.15) is 54.9 Å². The van der Waals surface area contributed by atoms with Crippen molar-refractivity contribution in [3.05, 3.63) is 0 Å². The van der Waals surface area contributed by atoms with Gasteiger partial charge in [-0.3, -0.25) is 4.79 Å². The second kappa shape index (κ2) is 5.39. The Morgan fingerprint density at radius 3 is 1.94 bits per heavy atom. The lowest BCUT2D eigenvalue weighted by molar-refractivity contribution is -0.124. The minimum Gasteiger partial charge on any atom is -0.350 e. The fraction of sp³-hybridized carbons (Fsp3) is 0.923. The van der Waals surface area contributed by atoms with Crippen LogP contribution in [0.25, 0.3) is 0 Å². The molecule has 96 valence electrons. The van der Waals surface area contributed by atoms with E-state index in [1.54, 1.807) is 0 Å². The zero-order chi connectivity index (χ0) is 13.1. The van der Waals surface area contributed by atoms with E-state index in [9.17, 15) is 4.79 Å². The standard InChI is InChI=1S/C13H26ClNO/c1-9(12(3,4)5)8-11(16)15-13(6,7)10(2)14/h9-10H,8H2,1-7H3,(H,15,16). The highest BCUT2D eigenvalue weighted by atomic mass is 35.5. The molecule has 0 aliphatic rings. The molecule has 0 spiro atoms. The highest BCUT2D eigenvalue weighted by Gasteiger charge is 2.28. The van der Waals surface area contributed by atoms with Gasteiger partial charge in [-0.1, -0.05) is 27.7 Å². The summed E-state index contributed by atoms with van der Waals surface area (Å²) in [6, 6.07) is 0. The van der Waals surface area contributed by atoms with Crippen molar-refractivity contribution in [3.63, 3.8) is 0 Å². The normalized spacial score (nSPS) is 16.8. The van der Waals surface area contributed by atoms with Gasteiger partial charge in [0.2, 0.25) is 5.91 Å². The number of amides is 1. The van der Waals surface area contributed by atoms with Crippen LogP contribution >= 0.6 is 11.6 Å². The second-order valence-electron chi connectivity index (χ2n) is 6.36. The van der Waals surface area contributed by atoms with Gasteiger partial charge in [0, 0.05) is 6.42 Å². The average molecular weight is 248 g/mol. The molecule has 2 unspecified atom stereocenters. The lowest BCUT2D eigenvalue weighted by Crippen LogP contribution is -2.49. The number of alkyl halides is 1. The summed E-state index contributed by atoms with van der Waals surface area (Å²) in [7, 11) is 0. The first kappa shape index (κ1) is 15.8. The van der Waals surface area contributed by atoms with Crippen molar-refractivity contribution in [2.45, 2.75) is 65.8 Å². The molecule has 0 aliphatic heterocycles. The molecule has 0 bridgehead atoms. The SMILES string of the molecule is CC(CC(=O)NC(C)(C)C(C)Cl)C(C)(C)C. The fourth-order valence-electron chi connectivity index (χ4n) is 1.09. The Morgan fingerprint density at radius 1 is 1.19 bits per heavy atom. The number of rotatable bonds is 4. The van der Waals surface area contributed by atoms with Gasteiger partial charge in [-0.2, -0.15) is 0 Å². The van der Waals surface area contributed by atoms with Crippen LogP contribution in [0.2, 0.25) is 0 Å². The predicted molar refractivity (Wildman–Crippen MR) is 70.8 cm³/mol. The summed E-state index contributed by atoms with van der Waals surface area (Å²) in [5.74, 6) is 0.439. The van der Waals surface area contributed by atoms with E-state index < -0.39 is 0 Å². The molecule has 0 saturated heterocycles. The van der Waals surface area contributed by atoms with Gasteiger partial charge in [-0.15, -0.1) is 11.6 Å². The summed E-state index contributed by atoms with van der Waals surface area (Å²) >= 11 is 6.03. The van der Waals surface area contributed by atoms with E-state index in [0.29, 0.717) is 12.3 Å². The molecule has 3 heteroatoms. The van der Waals surface area contributed by atoms with Gasteiger partial charge in [0.05, 0.1) is 10.9 Å². The van der Waals surface area contributed by atoms with Crippen molar-refractivity contribution in [3.8, 4) is 0 Å². The molecule has 0 radical (unpaired) electrons. The van der Waals surface area contributed by atoms with Crippen LogP contribution in [0, 0.1) is 11.3 Å². The van der Waals surface area contributed by atoms with E-state index in [1.807, 2.05) is 20.8 Å². The first-order chi connectivity index (χ1) is 6.97. The molecule has 0 aliphatic carbocycles. The Bertz CT molecular complexity index is 241. The molecule has 0 aromatic carbocycles. The third-order valence-corrected chi connectivity index (χ3v) is 3.97. The van der Waals surface area contributed by atoms with Gasteiger partial charge in [0.15, 0.2) is 0 Å². The van der Waals surface area contributed by atoms with Crippen molar-refractivity contribution in [1.29, 1.82) is 0 Å². The van der Waals surface area contributed by atoms with E-state index in [0.717, 1.165) is 0 Å². The van der Waals surface area contributed by atoms with E-state index in [2.05, 4.69) is 33.0 Å². The topological polar surface area (TPSA) is 29.1 Å². The van der Waals surface area contributed by atoms with E-state index in [4.69, 9.17) is 11.6 Å². The van der Waals surface area contributed by atoms with Gasteiger partial charge < -0.3 is 5.32 Å². The van der Waals surface area contributed by atoms with E-state index >= 15 is 0 Å². The molecular weight excluding hydrogens is 222 g/mol. The molecule has 1 amide bonds. The van der Waals surface area contributed by atoms with Crippen molar-refractivity contribution >= 4 is 17.5 Å². The lowest BCUT2D eigenvalue weighted by Gasteiger charge is -2.32. The maximum absolute atomic E-state index is 11.9. The number of halogens is 1. The van der Waals surface area contributed by atoms with Gasteiger partial charge in [-0.25, -0.2) is 0 Å². The summed E-state index contributed by atoms with van der Waals surface area (Å²) < 4.78 is 0. The maximum atomic E-state index is 11.9. The minimum absolute atomic E-state index is 0.0820. The Morgan fingerprint density at radius 2 is 1.62 bits per heavy atom. The largest absolute Gasteiger partial charge is 0.350 e. The number of carbonyl (C=O) groups is 1. The first-order valence-electron chi connectivity index (χ1n) is 5.92. The minimum atomic E-state index is -0.351. The molecule has 2 atom stereocenters. The van der Waals surface area contributed by atoms with Crippen molar-refractivity contribution in [2.24, 2.45) is 11.3 Å². The van der Waals surface area contributed by atoms with Crippen LogP contribution in [0.3, 0.4) is 0 Å². The van der Waals surface area contributed by atoms with Crippen LogP contribution in [-0.2, 0) is 4.79 Å². The number of nitrogens with one attached hydrogen (secondary N) is 1. The Balaban J connectivity index is 4.30. The molecule has 0 rings (SSSR count). The predicted octanol–water partition coefficient (Wildman–Crippen LogP) is 3.58. The highest BCUT2D eigenvalue weighted by molar-refractivity contribution is 6.21. The van der Waals surface area contributed by atoms with Crippen LogP contribution in [0.5, 0.6) is 0 Å². The molecule has 2 nitrogen and oxygen atoms in total. The Kier molecular flexibility index (Phi) is 5.31. The van der Waals surface area contributed by atoms with Crippen LogP contribution in [0.4, 0.5) is 0 Å². The number of hydrogen-bond acceptors (Lipinski definition) is 1. The van der Waals surface area contributed by atoms with Gasteiger partial charge in [-0.05, 0) is 32.1 Å². The third kappa shape index (κ3) is 5.20. The number of carbonyl (C=O) groups excluding carboxylic acids is 1. The van der Waals surface area contributed by atoms with Crippen LogP contribution in [0.15, 0.2) is 0 Å². The van der Waals surface area contributed by atoms with Crippen LogP contribution < -0.4 is 5.32 Å². The third-order valence-electron chi connectivity index (χ3n) is 3.43. The number of hydrogen-bond donors (Lipinski definition) is 1. The molecule has 16 heavy (non-hydrogen) atoms. The molecule has 0 aromatic rings. The van der Waals surface area contributed by atoms with Crippen molar-refractivity contribution < 1.29 is 4.79 Å². The Hall–Kier alpha value is -0.240. The van der Waals surface area contributed by atoms with E-state index in [-0.39, 0.29) is 22.2 Å². The Labute approximate surface area is 105 Å². The van der Waals surface area contributed by atoms with Gasteiger partial charge in [0.1, 0.15) is 0 Å². The lowest BCUT2D eigenvalue weighted by atomic mass is 9.80. The molecule has 0 saturated carbocycles. The molecule has 0 aromatic heterocycles. The van der Waals surface area contributed by atoms with Gasteiger partial charge >= 0.3 is 0 Å². The summed E-state index contributed by atoms with van der Waals surface area (Å²) in [5.41, 5.74) is -0.190. The van der Waals surface area contributed by atoms with E-state index in [1.165, 1.54) is 0 Å². The smallest absolute Gasteiger partial charge is 0.220 e. The maximum Gasteiger partial charge on any atom is 0.220 e. The second-order valence-corrected chi connectivity index (χ2v) is 7.01. The summed E-state index contributed by atoms with van der Waals surface area (Å²) in [4.78, 5) is 11.9. The average Bonchev–Trinajstić information content (AvgIpc) is 2.00. The summed E-state index contributed by atoms with van der Waals surface area (Å²) in [6.07, 6.45) is 0.552. The zero-order valence-corrected chi connectivity index (χ0v) is 12.4. The fourth-order valence-corrected chi connectivity index (χ4v) is 1.15. The monoisotopic (exact) mass is 247 g/mol. The zero-order valence-electron chi connectivity index (χ0n) is 11.6. The van der Waals surface area contributed by atoms with Crippen molar-refractivity contribution in [1.82, 2.24) is 5.32 Å².